The van der Waals surface area contributed by atoms with Crippen LogP contribution in [0.3, 0.4) is 0 Å². The van der Waals surface area contributed by atoms with Crippen molar-refractivity contribution in [3.63, 3.8) is 0 Å². The SMILES string of the molecule is C=C/C(=C\C=C(/C)C(C)(C)c1ccc(OP(=O)(Oc2ccccc2)Oc2ccccc2)cc1)OP(=O)(Oc1ccccc1)Oc1ccccc1. The average molecular weight is 709 g/mol. The summed E-state index contributed by atoms with van der Waals surface area (Å²) in [4.78, 5) is 0. The minimum atomic E-state index is -4.19. The average Bonchev–Trinajstić information content (AvgIpc) is 3.11. The summed E-state index contributed by atoms with van der Waals surface area (Å²) in [6.45, 7) is 9.92. The van der Waals surface area contributed by atoms with Crippen molar-refractivity contribution < 1.29 is 36.3 Å². The number of allylic oxidation sites excluding steroid dienone is 4. The summed E-state index contributed by atoms with van der Waals surface area (Å²) >= 11 is 0. The van der Waals surface area contributed by atoms with Gasteiger partial charge in [0.05, 0.1) is 0 Å². The molecule has 5 aromatic carbocycles. The first-order chi connectivity index (χ1) is 24.1. The quantitative estimate of drug-likeness (QED) is 0.0568. The van der Waals surface area contributed by atoms with Crippen LogP contribution in [-0.2, 0) is 19.1 Å². The largest absolute Gasteiger partial charge is 0.647 e. The summed E-state index contributed by atoms with van der Waals surface area (Å²) in [5, 5.41) is 0. The maximum atomic E-state index is 13.9. The summed E-state index contributed by atoms with van der Waals surface area (Å²) in [6, 6.07) is 41.9. The van der Waals surface area contributed by atoms with E-state index in [1.807, 2.05) is 49.4 Å². The van der Waals surface area contributed by atoms with Crippen molar-refractivity contribution >= 4 is 15.6 Å². The molecule has 0 fully saturated rings. The van der Waals surface area contributed by atoms with E-state index in [0.29, 0.717) is 28.7 Å². The molecular weight excluding hydrogens is 670 g/mol. The van der Waals surface area contributed by atoms with Crippen LogP contribution >= 0.6 is 15.6 Å². The summed E-state index contributed by atoms with van der Waals surface area (Å²) in [7, 11) is -8.32. The second-order valence-electron chi connectivity index (χ2n) is 11.5. The van der Waals surface area contributed by atoms with E-state index in [-0.39, 0.29) is 5.76 Å². The second-order valence-corrected chi connectivity index (χ2v) is 14.4. The zero-order chi connectivity index (χ0) is 35.5. The van der Waals surface area contributed by atoms with Gasteiger partial charge in [-0.25, -0.2) is 0 Å². The zero-order valence-corrected chi connectivity index (χ0v) is 29.7. The number of rotatable bonds is 16. The van der Waals surface area contributed by atoms with Crippen LogP contribution in [0.1, 0.15) is 26.3 Å². The van der Waals surface area contributed by atoms with Gasteiger partial charge in [0.15, 0.2) is 0 Å². The standard InChI is InChI=1S/C40H38O8P2/c1-5-34(43-49(41,44-35-18-10-6-11-19-35)45-36-20-12-7-13-21-36)29-26-32(2)40(3,4)33-27-30-39(31-28-33)48-50(42,46-37-22-14-8-15-23-37)47-38-24-16-9-17-25-38/h5-31H,1H2,2-4H3/b32-26+,34-29+. The highest BCUT2D eigenvalue weighted by atomic mass is 31.2. The Labute approximate surface area is 293 Å². The van der Waals surface area contributed by atoms with Gasteiger partial charge in [-0.3, -0.25) is 0 Å². The minimum Gasteiger partial charge on any atom is -0.386 e. The molecular formula is C40H38O8P2. The summed E-state index contributed by atoms with van der Waals surface area (Å²) in [6.07, 6.45) is 4.95. The fourth-order valence-electron chi connectivity index (χ4n) is 4.52. The van der Waals surface area contributed by atoms with Gasteiger partial charge in [0.25, 0.3) is 0 Å². The number of hydrogen-bond donors (Lipinski definition) is 0. The van der Waals surface area contributed by atoms with Crippen molar-refractivity contribution in [1.82, 2.24) is 0 Å². The molecule has 0 spiro atoms. The number of benzene rings is 5. The lowest BCUT2D eigenvalue weighted by Gasteiger charge is -2.27. The highest BCUT2D eigenvalue weighted by Gasteiger charge is 2.35. The molecule has 256 valence electrons. The Bertz CT molecular complexity index is 1900. The van der Waals surface area contributed by atoms with Crippen molar-refractivity contribution in [3.05, 3.63) is 187 Å². The van der Waals surface area contributed by atoms with Crippen LogP contribution < -0.4 is 22.6 Å². The molecule has 0 aliphatic heterocycles. The van der Waals surface area contributed by atoms with Gasteiger partial charge in [-0.2, -0.15) is 9.13 Å². The molecule has 8 nitrogen and oxygen atoms in total. The topological polar surface area (TPSA) is 89.5 Å². The number of phosphoric acid groups is 2. The molecule has 0 heterocycles. The highest BCUT2D eigenvalue weighted by molar-refractivity contribution is 7.50. The van der Waals surface area contributed by atoms with Crippen LogP contribution in [0.5, 0.6) is 28.7 Å². The van der Waals surface area contributed by atoms with Crippen molar-refractivity contribution in [3.8, 4) is 28.7 Å². The van der Waals surface area contributed by atoms with Gasteiger partial charge in [0.1, 0.15) is 34.5 Å². The van der Waals surface area contributed by atoms with Crippen LogP contribution in [0.25, 0.3) is 0 Å². The van der Waals surface area contributed by atoms with E-state index in [2.05, 4.69) is 20.4 Å². The predicted molar refractivity (Wildman–Crippen MR) is 197 cm³/mol. The van der Waals surface area contributed by atoms with Crippen LogP contribution in [0.2, 0.25) is 0 Å². The lowest BCUT2D eigenvalue weighted by molar-refractivity contribution is 0.262. The van der Waals surface area contributed by atoms with Gasteiger partial charge in [-0.1, -0.05) is 117 Å². The van der Waals surface area contributed by atoms with Gasteiger partial charge in [-0.15, -0.1) is 0 Å². The molecule has 0 bridgehead atoms. The van der Waals surface area contributed by atoms with Crippen molar-refractivity contribution in [2.75, 3.05) is 0 Å². The molecule has 0 unspecified atom stereocenters. The maximum Gasteiger partial charge on any atom is 0.647 e. The van der Waals surface area contributed by atoms with Crippen molar-refractivity contribution in [2.24, 2.45) is 0 Å². The molecule has 50 heavy (non-hydrogen) atoms. The molecule has 0 saturated heterocycles. The van der Waals surface area contributed by atoms with Crippen LogP contribution in [0.15, 0.2) is 182 Å². The van der Waals surface area contributed by atoms with E-state index in [1.165, 1.54) is 6.08 Å². The van der Waals surface area contributed by atoms with Crippen LogP contribution in [-0.4, -0.2) is 0 Å². The Hall–Kier alpha value is -5.42. The molecule has 0 N–H and O–H groups in total. The molecule has 0 saturated carbocycles. The molecule has 10 heteroatoms. The van der Waals surface area contributed by atoms with Crippen molar-refractivity contribution in [1.29, 1.82) is 0 Å². The first kappa shape index (κ1) is 35.9. The Morgan fingerprint density at radius 3 is 1.22 bits per heavy atom. The third-order valence-corrected chi connectivity index (χ3v) is 10.1. The summed E-state index contributed by atoms with van der Waals surface area (Å²) in [5.41, 5.74) is 1.42. The van der Waals surface area contributed by atoms with E-state index >= 15 is 0 Å². The molecule has 5 aromatic rings. The summed E-state index contributed by atoms with van der Waals surface area (Å²) in [5.74, 6) is 1.82. The van der Waals surface area contributed by atoms with E-state index in [1.54, 1.807) is 115 Å². The summed E-state index contributed by atoms with van der Waals surface area (Å²) < 4.78 is 62.5. The van der Waals surface area contributed by atoms with Crippen LogP contribution in [0, 0.1) is 0 Å². The van der Waals surface area contributed by atoms with Gasteiger partial charge in [0.2, 0.25) is 0 Å². The fraction of sp³-hybridized carbons (Fsp3) is 0.100. The van der Waals surface area contributed by atoms with Crippen LogP contribution in [0.4, 0.5) is 0 Å². The minimum absolute atomic E-state index is 0.187. The highest BCUT2D eigenvalue weighted by Crippen LogP contribution is 2.52. The lowest BCUT2D eigenvalue weighted by Crippen LogP contribution is -2.18. The third-order valence-electron chi connectivity index (χ3n) is 7.54. The van der Waals surface area contributed by atoms with E-state index < -0.39 is 21.1 Å². The van der Waals surface area contributed by atoms with E-state index in [0.717, 1.165) is 11.1 Å². The van der Waals surface area contributed by atoms with E-state index in [9.17, 15) is 9.13 Å². The number of hydrogen-bond acceptors (Lipinski definition) is 8. The molecule has 0 aliphatic rings. The molecule has 0 radical (unpaired) electrons. The first-order valence-electron chi connectivity index (χ1n) is 15.8. The molecule has 0 atom stereocenters. The smallest absolute Gasteiger partial charge is 0.386 e. The molecule has 5 rings (SSSR count). The molecule has 0 amide bonds. The Morgan fingerprint density at radius 2 is 0.860 bits per heavy atom. The monoisotopic (exact) mass is 708 g/mol. The second kappa shape index (κ2) is 16.3. The maximum absolute atomic E-state index is 13.9. The Morgan fingerprint density at radius 1 is 0.520 bits per heavy atom. The van der Waals surface area contributed by atoms with Gasteiger partial charge < -0.3 is 27.1 Å². The molecule has 0 aliphatic carbocycles. The Balaban J connectivity index is 1.33. The molecule has 0 aromatic heterocycles. The van der Waals surface area contributed by atoms with E-state index in [4.69, 9.17) is 27.1 Å². The number of phosphoric ester groups is 2. The van der Waals surface area contributed by atoms with Crippen molar-refractivity contribution in [2.45, 2.75) is 26.2 Å². The zero-order valence-electron chi connectivity index (χ0n) is 28.0. The predicted octanol–water partition coefficient (Wildman–Crippen LogP) is 11.9. The van der Waals surface area contributed by atoms with Gasteiger partial charge in [-0.05, 0) is 85.3 Å². The fourth-order valence-corrected chi connectivity index (χ4v) is 7.04. The number of para-hydroxylation sites is 4. The van der Waals surface area contributed by atoms with Gasteiger partial charge in [0, 0.05) is 5.41 Å². The van der Waals surface area contributed by atoms with Gasteiger partial charge >= 0.3 is 15.6 Å². The third kappa shape index (κ3) is 10.1. The Kier molecular flexibility index (Phi) is 11.7. The lowest BCUT2D eigenvalue weighted by atomic mass is 9.78. The first-order valence-corrected chi connectivity index (χ1v) is 18.7. The normalized spacial score (nSPS) is 12.4.